The van der Waals surface area contributed by atoms with E-state index in [-0.39, 0.29) is 16.7 Å². The van der Waals surface area contributed by atoms with Gasteiger partial charge in [-0.25, -0.2) is 5.43 Å². The van der Waals surface area contributed by atoms with Gasteiger partial charge < -0.3 is 0 Å². The predicted octanol–water partition coefficient (Wildman–Crippen LogP) is 4.77. The second kappa shape index (κ2) is 5.17. The number of benzene rings is 2. The average molecular weight is 320 g/mol. The molecule has 0 saturated heterocycles. The zero-order valence-electron chi connectivity index (χ0n) is 14.6. The quantitative estimate of drug-likeness (QED) is 0.796. The lowest BCUT2D eigenvalue weighted by atomic mass is 9.70. The molecule has 124 valence electrons. The molecule has 2 aliphatic carbocycles. The summed E-state index contributed by atoms with van der Waals surface area (Å²) in [7, 11) is 0. The van der Waals surface area contributed by atoms with Gasteiger partial charge in [0.15, 0.2) is 0 Å². The van der Waals surface area contributed by atoms with E-state index >= 15 is 0 Å². The lowest BCUT2D eigenvalue weighted by Gasteiger charge is -2.34. The molecule has 0 aromatic heterocycles. The number of hydrogen-bond acceptors (Lipinski definition) is 2. The Balaban J connectivity index is 1.56. The fourth-order valence-electron chi connectivity index (χ4n) is 4.61. The Labute approximate surface area is 143 Å². The molecule has 0 spiro atoms. The lowest BCUT2D eigenvalue weighted by molar-refractivity contribution is 0.0954. The Bertz CT molecular complexity index is 852. The molecule has 3 heteroatoms. The van der Waals surface area contributed by atoms with E-state index in [4.69, 9.17) is 0 Å². The summed E-state index contributed by atoms with van der Waals surface area (Å²) in [4.78, 5) is 12.5. The van der Waals surface area contributed by atoms with Crippen LogP contribution in [-0.2, 0) is 0 Å². The third kappa shape index (κ3) is 2.10. The van der Waals surface area contributed by atoms with E-state index in [1.807, 2.05) is 36.4 Å². The number of hydrazone groups is 1. The van der Waals surface area contributed by atoms with Gasteiger partial charge in [0.25, 0.3) is 5.91 Å². The van der Waals surface area contributed by atoms with Gasteiger partial charge in [-0.2, -0.15) is 5.10 Å². The van der Waals surface area contributed by atoms with Crippen molar-refractivity contribution in [2.45, 2.75) is 40.0 Å². The van der Waals surface area contributed by atoms with E-state index in [2.05, 4.69) is 37.4 Å². The highest BCUT2D eigenvalue weighted by Crippen LogP contribution is 2.63. The minimum absolute atomic E-state index is 0.119. The number of rotatable bonds is 2. The molecule has 24 heavy (non-hydrogen) atoms. The van der Waals surface area contributed by atoms with Crippen molar-refractivity contribution in [2.24, 2.45) is 21.8 Å². The molecule has 0 aliphatic heterocycles. The van der Waals surface area contributed by atoms with Crippen LogP contribution in [0, 0.1) is 16.7 Å². The van der Waals surface area contributed by atoms with Gasteiger partial charge in [0.1, 0.15) is 0 Å². The fraction of sp³-hybridized carbons (Fsp3) is 0.429. The second-order valence-electron chi connectivity index (χ2n) is 8.05. The topological polar surface area (TPSA) is 41.5 Å². The molecule has 0 radical (unpaired) electrons. The largest absolute Gasteiger partial charge is 0.271 e. The van der Waals surface area contributed by atoms with Gasteiger partial charge >= 0.3 is 0 Å². The molecule has 2 bridgehead atoms. The Hall–Kier alpha value is -2.16. The number of hydrogen-bond donors (Lipinski definition) is 1. The van der Waals surface area contributed by atoms with Crippen molar-refractivity contribution in [1.82, 2.24) is 5.43 Å². The summed E-state index contributed by atoms with van der Waals surface area (Å²) < 4.78 is 0. The molecule has 0 heterocycles. The molecular formula is C21H24N2O. The third-order valence-electron chi connectivity index (χ3n) is 6.82. The van der Waals surface area contributed by atoms with Crippen molar-refractivity contribution in [2.75, 3.05) is 0 Å². The highest BCUT2D eigenvalue weighted by Gasteiger charge is 2.59. The first kappa shape index (κ1) is 15.4. The van der Waals surface area contributed by atoms with Crippen molar-refractivity contribution in [3.63, 3.8) is 0 Å². The van der Waals surface area contributed by atoms with Crippen molar-refractivity contribution in [3.8, 4) is 0 Å². The van der Waals surface area contributed by atoms with Crippen LogP contribution in [-0.4, -0.2) is 11.6 Å². The zero-order valence-corrected chi connectivity index (χ0v) is 14.6. The zero-order chi connectivity index (χ0) is 16.9. The van der Waals surface area contributed by atoms with Gasteiger partial charge in [-0.1, -0.05) is 51.1 Å². The van der Waals surface area contributed by atoms with E-state index in [0.717, 1.165) is 22.9 Å². The van der Waals surface area contributed by atoms with Crippen LogP contribution in [0.1, 0.15) is 50.4 Å². The summed E-state index contributed by atoms with van der Waals surface area (Å²) in [5.41, 5.74) is 5.02. The minimum atomic E-state index is -0.127. The van der Waals surface area contributed by atoms with E-state index in [1.165, 1.54) is 12.8 Å². The van der Waals surface area contributed by atoms with Crippen LogP contribution in [0.15, 0.2) is 47.6 Å². The summed E-state index contributed by atoms with van der Waals surface area (Å²) in [6, 6.07) is 13.8. The second-order valence-corrected chi connectivity index (χ2v) is 8.05. The summed E-state index contributed by atoms with van der Waals surface area (Å²) in [6.07, 6.45) is 3.47. The van der Waals surface area contributed by atoms with Crippen molar-refractivity contribution >= 4 is 22.4 Å². The molecule has 1 amide bonds. The fourth-order valence-corrected chi connectivity index (χ4v) is 4.61. The van der Waals surface area contributed by atoms with Gasteiger partial charge in [0.05, 0.1) is 0 Å². The Morgan fingerprint density at radius 1 is 1.12 bits per heavy atom. The first-order chi connectivity index (χ1) is 11.4. The normalized spacial score (nSPS) is 29.3. The predicted molar refractivity (Wildman–Crippen MR) is 98.1 cm³/mol. The Kier molecular flexibility index (Phi) is 3.31. The number of carbonyl (C=O) groups is 1. The van der Waals surface area contributed by atoms with Gasteiger partial charge in [0.2, 0.25) is 0 Å². The maximum atomic E-state index is 12.5. The van der Waals surface area contributed by atoms with Crippen LogP contribution < -0.4 is 5.43 Å². The first-order valence-corrected chi connectivity index (χ1v) is 8.78. The molecule has 2 atom stereocenters. The van der Waals surface area contributed by atoms with Gasteiger partial charge in [0, 0.05) is 16.7 Å². The molecule has 1 N–H and O–H groups in total. The SMILES string of the molecule is CC1(C)[C@@H]2CC[C@@]1(C)/C(=N/NC(=O)c1ccc3ccccc3c1)C2. The van der Waals surface area contributed by atoms with Gasteiger partial charge in [-0.15, -0.1) is 0 Å². The van der Waals surface area contributed by atoms with Crippen LogP contribution in [0.3, 0.4) is 0 Å². The van der Waals surface area contributed by atoms with Crippen LogP contribution in [0.4, 0.5) is 0 Å². The van der Waals surface area contributed by atoms with Gasteiger partial charge in [-0.05, 0) is 53.5 Å². The van der Waals surface area contributed by atoms with Crippen LogP contribution in [0.2, 0.25) is 0 Å². The van der Waals surface area contributed by atoms with E-state index in [0.29, 0.717) is 11.5 Å². The van der Waals surface area contributed by atoms with Crippen molar-refractivity contribution in [3.05, 3.63) is 48.0 Å². The van der Waals surface area contributed by atoms with Crippen LogP contribution >= 0.6 is 0 Å². The van der Waals surface area contributed by atoms with E-state index in [9.17, 15) is 4.79 Å². The smallest absolute Gasteiger partial charge is 0.267 e. The number of amides is 1. The average Bonchev–Trinajstić information content (AvgIpc) is 2.92. The summed E-state index contributed by atoms with van der Waals surface area (Å²) in [5.74, 6) is 0.566. The summed E-state index contributed by atoms with van der Waals surface area (Å²) in [6.45, 7) is 7.00. The van der Waals surface area contributed by atoms with Crippen molar-refractivity contribution in [1.29, 1.82) is 0 Å². The highest BCUT2D eigenvalue weighted by atomic mass is 16.2. The maximum absolute atomic E-state index is 12.5. The molecule has 2 aromatic carbocycles. The molecule has 0 unspecified atom stereocenters. The third-order valence-corrected chi connectivity index (χ3v) is 6.82. The van der Waals surface area contributed by atoms with Crippen LogP contribution in [0.25, 0.3) is 10.8 Å². The molecular weight excluding hydrogens is 296 g/mol. The minimum Gasteiger partial charge on any atom is -0.267 e. The highest BCUT2D eigenvalue weighted by molar-refractivity contribution is 6.00. The van der Waals surface area contributed by atoms with Crippen molar-refractivity contribution < 1.29 is 4.79 Å². The monoisotopic (exact) mass is 320 g/mol. The molecule has 2 saturated carbocycles. The summed E-state index contributed by atoms with van der Waals surface area (Å²) >= 11 is 0. The van der Waals surface area contributed by atoms with E-state index < -0.39 is 0 Å². The number of carbonyl (C=O) groups excluding carboxylic acids is 1. The number of nitrogens with one attached hydrogen (secondary N) is 1. The molecule has 3 nitrogen and oxygen atoms in total. The molecule has 2 aromatic rings. The van der Waals surface area contributed by atoms with Crippen LogP contribution in [0.5, 0.6) is 0 Å². The lowest BCUT2D eigenvalue weighted by Crippen LogP contribution is -2.34. The Morgan fingerprint density at radius 2 is 1.88 bits per heavy atom. The number of nitrogens with zero attached hydrogens (tertiary/aromatic N) is 1. The molecule has 4 rings (SSSR count). The number of fused-ring (bicyclic) bond motifs is 3. The molecule has 2 aliphatic rings. The molecule has 2 fully saturated rings. The first-order valence-electron chi connectivity index (χ1n) is 8.78. The maximum Gasteiger partial charge on any atom is 0.271 e. The summed E-state index contributed by atoms with van der Waals surface area (Å²) in [5, 5.41) is 6.76. The Morgan fingerprint density at radius 3 is 2.54 bits per heavy atom. The van der Waals surface area contributed by atoms with Gasteiger partial charge in [-0.3, -0.25) is 4.79 Å². The van der Waals surface area contributed by atoms with E-state index in [1.54, 1.807) is 0 Å². The standard InChI is InChI=1S/C21H24N2O/c1-20(2)17-10-11-21(20,3)18(13-17)22-23-19(24)16-9-8-14-6-4-5-7-15(14)12-16/h4-9,12,17H,10-11,13H2,1-3H3,(H,23,24)/b22-18+/t17-,21+/m1/s1.